The van der Waals surface area contributed by atoms with Crippen LogP contribution in [-0.4, -0.2) is 7.11 Å². The molecule has 0 saturated heterocycles. The van der Waals surface area contributed by atoms with Crippen LogP contribution in [0.1, 0.15) is 0 Å². The van der Waals surface area contributed by atoms with Crippen LogP contribution < -0.4 is 15.5 Å². The molecule has 0 atom stereocenters. The molecule has 0 radical (unpaired) electrons. The highest BCUT2D eigenvalue weighted by atomic mass is 35.5. The van der Waals surface area contributed by atoms with Crippen LogP contribution >= 0.6 is 11.6 Å². The molecular weight excluding hydrogens is 166 g/mol. The van der Waals surface area contributed by atoms with Gasteiger partial charge in [-0.1, -0.05) is 11.6 Å². The predicted octanol–water partition coefficient (Wildman–Crippen LogP) is 1.60. The van der Waals surface area contributed by atoms with Crippen molar-refractivity contribution in [3.05, 3.63) is 23.2 Å². The van der Waals surface area contributed by atoms with E-state index in [1.165, 1.54) is 0 Å². The fraction of sp³-hybridized carbons (Fsp3) is 0.143. The zero-order chi connectivity index (χ0) is 8.27. The smallest absolute Gasteiger partial charge is 0.148 e. The lowest BCUT2D eigenvalue weighted by Crippen LogP contribution is -2.01. The maximum absolute atomic E-state index is 5.75. The second-order valence-electron chi connectivity index (χ2n) is 1.91. The van der Waals surface area contributed by atoms with Gasteiger partial charge in [-0.2, -0.15) is 5.90 Å². The van der Waals surface area contributed by atoms with Gasteiger partial charge in [-0.25, -0.2) is 0 Å². The van der Waals surface area contributed by atoms with Crippen molar-refractivity contribution in [2.45, 2.75) is 0 Å². The van der Waals surface area contributed by atoms with Gasteiger partial charge >= 0.3 is 0 Å². The van der Waals surface area contributed by atoms with Crippen molar-refractivity contribution in [1.82, 2.24) is 0 Å². The van der Waals surface area contributed by atoms with Gasteiger partial charge in [0.25, 0.3) is 0 Å². The Morgan fingerprint density at radius 2 is 2.18 bits per heavy atom. The van der Waals surface area contributed by atoms with Crippen LogP contribution in [-0.2, 0) is 0 Å². The molecule has 2 N–H and O–H groups in total. The monoisotopic (exact) mass is 173 g/mol. The highest BCUT2D eigenvalue weighted by Gasteiger charge is 2.00. The third kappa shape index (κ3) is 1.76. The molecule has 4 heteroatoms. The first-order chi connectivity index (χ1) is 5.27. The second-order valence-corrected chi connectivity index (χ2v) is 2.32. The minimum absolute atomic E-state index is 0.482. The van der Waals surface area contributed by atoms with E-state index in [-0.39, 0.29) is 0 Å². The Kier molecular flexibility index (Phi) is 2.57. The molecule has 1 aromatic rings. The van der Waals surface area contributed by atoms with E-state index in [2.05, 4.69) is 4.84 Å². The normalized spacial score (nSPS) is 9.36. The zero-order valence-electron chi connectivity index (χ0n) is 6.00. The molecule has 1 rings (SSSR count). The molecule has 0 fully saturated rings. The molecule has 0 aliphatic rings. The van der Waals surface area contributed by atoms with Gasteiger partial charge in [-0.15, -0.1) is 0 Å². The van der Waals surface area contributed by atoms with Crippen molar-refractivity contribution in [2.75, 3.05) is 7.11 Å². The number of halogens is 1. The number of rotatable bonds is 2. The maximum Gasteiger partial charge on any atom is 0.148 e. The van der Waals surface area contributed by atoms with E-state index in [1.807, 2.05) is 0 Å². The highest BCUT2D eigenvalue weighted by Crippen LogP contribution is 2.27. The summed E-state index contributed by atoms with van der Waals surface area (Å²) in [6.45, 7) is 0. The number of ether oxygens (including phenoxy) is 1. The Labute approximate surface area is 69.6 Å². The molecule has 0 spiro atoms. The molecule has 0 heterocycles. The number of nitrogens with two attached hydrogens (primary N) is 1. The molecular formula is C7H8ClNO2. The lowest BCUT2D eigenvalue weighted by Gasteiger charge is -2.03. The van der Waals surface area contributed by atoms with Crippen LogP contribution in [0.4, 0.5) is 0 Å². The Morgan fingerprint density at radius 3 is 2.64 bits per heavy atom. The molecule has 3 nitrogen and oxygen atoms in total. The fourth-order valence-electron chi connectivity index (χ4n) is 0.720. The molecule has 60 valence electrons. The summed E-state index contributed by atoms with van der Waals surface area (Å²) >= 11 is 5.75. The molecule has 1 aromatic carbocycles. The molecule has 0 aliphatic carbocycles. The van der Waals surface area contributed by atoms with Crippen molar-refractivity contribution in [3.63, 3.8) is 0 Å². The predicted molar refractivity (Wildman–Crippen MR) is 42.8 cm³/mol. The first-order valence-electron chi connectivity index (χ1n) is 2.98. The summed E-state index contributed by atoms with van der Waals surface area (Å²) in [6, 6.07) is 4.94. The van der Waals surface area contributed by atoms with E-state index >= 15 is 0 Å². The second kappa shape index (κ2) is 3.46. The summed E-state index contributed by atoms with van der Waals surface area (Å²) in [4.78, 5) is 4.45. The third-order valence-electron chi connectivity index (χ3n) is 1.26. The van der Waals surface area contributed by atoms with E-state index in [1.54, 1.807) is 25.3 Å². The van der Waals surface area contributed by atoms with Crippen molar-refractivity contribution in [1.29, 1.82) is 0 Å². The maximum atomic E-state index is 5.75. The Hall–Kier alpha value is -0.930. The van der Waals surface area contributed by atoms with E-state index < -0.39 is 0 Å². The quantitative estimate of drug-likeness (QED) is 0.691. The standard InChI is InChI=1S/C7H8ClNO2/c1-10-7-3-2-5(11-9)4-6(7)8/h2-4H,9H2,1H3. The van der Waals surface area contributed by atoms with Crippen molar-refractivity contribution in [3.8, 4) is 11.5 Å². The van der Waals surface area contributed by atoms with Gasteiger partial charge in [0.1, 0.15) is 11.5 Å². The molecule has 0 bridgehead atoms. The SMILES string of the molecule is COc1ccc(ON)cc1Cl. The van der Waals surface area contributed by atoms with Crippen LogP contribution in [0.15, 0.2) is 18.2 Å². The van der Waals surface area contributed by atoms with Crippen LogP contribution in [0, 0.1) is 0 Å². The molecule has 11 heavy (non-hydrogen) atoms. The van der Waals surface area contributed by atoms with E-state index in [4.69, 9.17) is 22.2 Å². The van der Waals surface area contributed by atoms with Crippen LogP contribution in [0.3, 0.4) is 0 Å². The molecule has 0 saturated carbocycles. The number of hydrogen-bond acceptors (Lipinski definition) is 3. The zero-order valence-corrected chi connectivity index (χ0v) is 6.76. The van der Waals surface area contributed by atoms with Crippen LogP contribution in [0.2, 0.25) is 5.02 Å². The van der Waals surface area contributed by atoms with Gasteiger partial charge in [0.05, 0.1) is 12.1 Å². The Bertz CT molecular complexity index is 252. The lowest BCUT2D eigenvalue weighted by atomic mass is 10.3. The minimum atomic E-state index is 0.482. The van der Waals surface area contributed by atoms with Crippen LogP contribution in [0.5, 0.6) is 11.5 Å². The number of hydrogen-bond donors (Lipinski definition) is 1. The number of methoxy groups -OCH3 is 1. The summed E-state index contributed by atoms with van der Waals surface area (Å²) in [7, 11) is 1.55. The van der Waals surface area contributed by atoms with Crippen LogP contribution in [0.25, 0.3) is 0 Å². The van der Waals surface area contributed by atoms with Gasteiger partial charge in [0.2, 0.25) is 0 Å². The molecule has 0 aliphatic heterocycles. The van der Waals surface area contributed by atoms with Crippen molar-refractivity contribution < 1.29 is 9.57 Å². The first kappa shape index (κ1) is 8.17. The Morgan fingerprint density at radius 1 is 1.45 bits per heavy atom. The Balaban J connectivity index is 2.99. The summed E-state index contributed by atoms with van der Waals surface area (Å²) in [5, 5.41) is 0.482. The average molecular weight is 174 g/mol. The lowest BCUT2D eigenvalue weighted by molar-refractivity contribution is 0.333. The molecule has 0 amide bonds. The summed E-state index contributed by atoms with van der Waals surface area (Å²) in [6.07, 6.45) is 0. The van der Waals surface area contributed by atoms with E-state index in [0.717, 1.165) is 0 Å². The fourth-order valence-corrected chi connectivity index (χ4v) is 0.968. The van der Waals surface area contributed by atoms with Crippen molar-refractivity contribution in [2.24, 2.45) is 5.90 Å². The van der Waals surface area contributed by atoms with Gasteiger partial charge in [-0.3, -0.25) is 0 Å². The molecule has 0 unspecified atom stereocenters. The summed E-state index contributed by atoms with van der Waals surface area (Å²) in [5.74, 6) is 6.02. The van der Waals surface area contributed by atoms with E-state index in [9.17, 15) is 0 Å². The third-order valence-corrected chi connectivity index (χ3v) is 1.55. The van der Waals surface area contributed by atoms with Gasteiger partial charge in [0, 0.05) is 6.07 Å². The van der Waals surface area contributed by atoms with Crippen molar-refractivity contribution >= 4 is 11.6 Å². The van der Waals surface area contributed by atoms with Gasteiger partial charge in [0.15, 0.2) is 0 Å². The van der Waals surface area contributed by atoms with E-state index in [0.29, 0.717) is 16.5 Å². The summed E-state index contributed by atoms with van der Waals surface area (Å²) < 4.78 is 4.92. The largest absolute Gasteiger partial charge is 0.495 e. The topological polar surface area (TPSA) is 44.5 Å². The van der Waals surface area contributed by atoms with Gasteiger partial charge < -0.3 is 9.57 Å². The van der Waals surface area contributed by atoms with Gasteiger partial charge in [-0.05, 0) is 12.1 Å². The minimum Gasteiger partial charge on any atom is -0.495 e. The average Bonchev–Trinajstić information content (AvgIpc) is 2.04. The summed E-state index contributed by atoms with van der Waals surface area (Å²) in [5.41, 5.74) is 0. The number of benzene rings is 1. The highest BCUT2D eigenvalue weighted by molar-refractivity contribution is 6.32. The molecule has 0 aromatic heterocycles. The first-order valence-corrected chi connectivity index (χ1v) is 3.36.